The number of hydrogen-bond donors (Lipinski definition) is 0. The highest BCUT2D eigenvalue weighted by Gasteiger charge is 2.38. The van der Waals surface area contributed by atoms with Gasteiger partial charge in [-0.1, -0.05) is 30.3 Å². The molecule has 0 N–H and O–H groups in total. The third-order valence-electron chi connectivity index (χ3n) is 5.65. The van der Waals surface area contributed by atoms with Crippen molar-refractivity contribution in [2.24, 2.45) is 0 Å². The van der Waals surface area contributed by atoms with E-state index in [-0.39, 0.29) is 23.6 Å². The summed E-state index contributed by atoms with van der Waals surface area (Å²) in [6.45, 7) is 0.00487. The van der Waals surface area contributed by atoms with E-state index < -0.39 is 17.1 Å². The van der Waals surface area contributed by atoms with E-state index in [1.807, 2.05) is 30.3 Å². The minimum absolute atomic E-state index is 0.00487. The number of amides is 1. The van der Waals surface area contributed by atoms with Crippen LogP contribution in [0.4, 0.5) is 16.2 Å². The quantitative estimate of drug-likeness (QED) is 0.266. The van der Waals surface area contributed by atoms with Gasteiger partial charge < -0.3 is 14.2 Å². The van der Waals surface area contributed by atoms with Crippen molar-refractivity contribution in [2.45, 2.75) is 12.6 Å². The van der Waals surface area contributed by atoms with Crippen LogP contribution in [0.3, 0.4) is 0 Å². The number of anilines is 1. The number of non-ortho nitro benzene ring substituents is 1. The summed E-state index contributed by atoms with van der Waals surface area (Å²) in [6.07, 6.45) is 1.58. The van der Waals surface area contributed by atoms with Gasteiger partial charge in [0.05, 0.1) is 25.2 Å². The molecule has 1 aliphatic heterocycles. The number of hydrogen-bond acceptors (Lipinski definition) is 7. The molecule has 3 aromatic carbocycles. The Labute approximate surface area is 201 Å². The molecule has 0 fully saturated rings. The molecule has 3 aromatic rings. The zero-order valence-electron chi connectivity index (χ0n) is 19.0. The second-order valence-electron chi connectivity index (χ2n) is 7.66. The van der Waals surface area contributed by atoms with Crippen molar-refractivity contribution >= 4 is 29.8 Å². The van der Waals surface area contributed by atoms with Crippen molar-refractivity contribution in [3.63, 3.8) is 0 Å². The molecule has 1 heterocycles. The van der Waals surface area contributed by atoms with Gasteiger partial charge in [0.25, 0.3) is 5.69 Å². The molecule has 178 valence electrons. The van der Waals surface area contributed by atoms with E-state index in [9.17, 15) is 19.7 Å². The van der Waals surface area contributed by atoms with E-state index in [0.29, 0.717) is 28.8 Å². The number of rotatable bonds is 7. The zero-order chi connectivity index (χ0) is 24.9. The Bertz CT molecular complexity index is 1290. The molecule has 1 atom stereocenters. The van der Waals surface area contributed by atoms with Gasteiger partial charge in [0.15, 0.2) is 11.5 Å². The van der Waals surface area contributed by atoms with Crippen molar-refractivity contribution in [1.29, 1.82) is 0 Å². The highest BCUT2D eigenvalue weighted by molar-refractivity contribution is 6.02. The molecule has 0 spiro atoms. The lowest BCUT2D eigenvalue weighted by atomic mass is 9.90. The Morgan fingerprint density at radius 1 is 1.03 bits per heavy atom. The molecule has 9 heteroatoms. The van der Waals surface area contributed by atoms with Gasteiger partial charge in [-0.05, 0) is 41.5 Å². The van der Waals surface area contributed by atoms with Gasteiger partial charge in [-0.3, -0.25) is 19.8 Å². The molecule has 4 rings (SSSR count). The Morgan fingerprint density at radius 2 is 1.74 bits per heavy atom. The molecule has 0 bridgehead atoms. The summed E-state index contributed by atoms with van der Waals surface area (Å²) in [6, 6.07) is 17.3. The van der Waals surface area contributed by atoms with E-state index in [1.54, 1.807) is 18.2 Å². The van der Waals surface area contributed by atoms with Crippen molar-refractivity contribution in [3.05, 3.63) is 99.1 Å². The maximum atomic E-state index is 13.6. The minimum atomic E-state index is -0.912. The van der Waals surface area contributed by atoms with Crippen LogP contribution >= 0.6 is 0 Å². The molecule has 0 radical (unpaired) electrons. The summed E-state index contributed by atoms with van der Waals surface area (Å²) >= 11 is 0. The van der Waals surface area contributed by atoms with Crippen LogP contribution in [-0.2, 0) is 16.1 Å². The van der Waals surface area contributed by atoms with Gasteiger partial charge in [0, 0.05) is 23.3 Å². The summed E-state index contributed by atoms with van der Waals surface area (Å²) in [5.41, 5.74) is 2.35. The topological polar surface area (TPSA) is 108 Å². The number of ether oxygens (including phenoxy) is 3. The Morgan fingerprint density at radius 3 is 2.34 bits per heavy atom. The standard InChI is InChI=1S/C26H22N2O7/c1-33-22-13-10-19-14-20(15-29)23(18-8-11-21(12-9-18)28(31)32)27(24(19)25(22)34-2)26(30)35-16-17-6-4-3-5-7-17/h3-15,23H,16H2,1-2H3/t23-/m1/s1. The first-order chi connectivity index (χ1) is 17.0. The summed E-state index contributed by atoms with van der Waals surface area (Å²) in [5, 5.41) is 11.1. The number of carbonyl (C=O) groups is 2. The van der Waals surface area contributed by atoms with Gasteiger partial charge in [-0.15, -0.1) is 0 Å². The van der Waals surface area contributed by atoms with E-state index >= 15 is 0 Å². The van der Waals surface area contributed by atoms with E-state index in [1.165, 1.54) is 43.4 Å². The molecule has 1 amide bonds. The Kier molecular flexibility index (Phi) is 6.77. The molecule has 0 aromatic heterocycles. The SMILES string of the molecule is COc1ccc2c(c1OC)N(C(=O)OCc1ccccc1)[C@H](c1ccc([N+](=O)[O-])cc1)C(C=O)=C2. The summed E-state index contributed by atoms with van der Waals surface area (Å²) in [4.78, 5) is 37.7. The molecule has 0 aliphatic carbocycles. The molecule has 0 unspecified atom stereocenters. The maximum Gasteiger partial charge on any atom is 0.415 e. The molecular weight excluding hydrogens is 452 g/mol. The Balaban J connectivity index is 1.85. The fraction of sp³-hybridized carbons (Fsp3) is 0.154. The van der Waals surface area contributed by atoms with Crippen LogP contribution < -0.4 is 14.4 Å². The van der Waals surface area contributed by atoms with Crippen molar-refractivity contribution in [1.82, 2.24) is 0 Å². The predicted molar refractivity (Wildman–Crippen MR) is 129 cm³/mol. The molecule has 0 saturated heterocycles. The first kappa shape index (κ1) is 23.5. The largest absolute Gasteiger partial charge is 0.493 e. The molecule has 9 nitrogen and oxygen atoms in total. The number of aldehydes is 1. The van der Waals surface area contributed by atoms with Gasteiger partial charge in [0.2, 0.25) is 0 Å². The number of nitrogens with zero attached hydrogens (tertiary/aromatic N) is 2. The van der Waals surface area contributed by atoms with Gasteiger partial charge >= 0.3 is 6.09 Å². The van der Waals surface area contributed by atoms with Crippen LogP contribution in [0.2, 0.25) is 0 Å². The fourth-order valence-electron chi connectivity index (χ4n) is 4.03. The molecule has 35 heavy (non-hydrogen) atoms. The highest BCUT2D eigenvalue weighted by atomic mass is 16.6. The summed E-state index contributed by atoms with van der Waals surface area (Å²) in [7, 11) is 2.93. The van der Waals surface area contributed by atoms with Gasteiger partial charge in [0.1, 0.15) is 18.6 Å². The first-order valence-electron chi connectivity index (χ1n) is 10.6. The van der Waals surface area contributed by atoms with Crippen LogP contribution in [-0.4, -0.2) is 31.5 Å². The number of nitro benzene ring substituents is 1. The number of carbonyl (C=O) groups excluding carboxylic acids is 2. The maximum absolute atomic E-state index is 13.6. The van der Waals surface area contributed by atoms with Gasteiger partial charge in [-0.2, -0.15) is 0 Å². The highest BCUT2D eigenvalue weighted by Crippen LogP contribution is 2.49. The van der Waals surface area contributed by atoms with Crippen molar-refractivity contribution in [2.75, 3.05) is 19.1 Å². The molecular formula is C26H22N2O7. The van der Waals surface area contributed by atoms with Crippen LogP contribution in [0.25, 0.3) is 6.08 Å². The minimum Gasteiger partial charge on any atom is -0.493 e. The number of fused-ring (bicyclic) bond motifs is 1. The van der Waals surface area contributed by atoms with E-state index in [2.05, 4.69) is 0 Å². The molecule has 0 saturated carbocycles. The predicted octanol–water partition coefficient (Wildman–Crippen LogP) is 5.09. The third-order valence-corrected chi connectivity index (χ3v) is 5.65. The van der Waals surface area contributed by atoms with Crippen molar-refractivity contribution < 1.29 is 28.7 Å². The number of methoxy groups -OCH3 is 2. The second-order valence-corrected chi connectivity index (χ2v) is 7.66. The summed E-state index contributed by atoms with van der Waals surface area (Å²) in [5.74, 6) is 0.673. The lowest BCUT2D eigenvalue weighted by Gasteiger charge is -2.36. The Hall–Kier alpha value is -4.66. The number of nitro groups is 1. The smallest absolute Gasteiger partial charge is 0.415 e. The van der Waals surface area contributed by atoms with Crippen LogP contribution in [0.1, 0.15) is 22.7 Å². The lowest BCUT2D eigenvalue weighted by Crippen LogP contribution is -2.39. The van der Waals surface area contributed by atoms with E-state index in [0.717, 1.165) is 5.56 Å². The van der Waals surface area contributed by atoms with E-state index in [4.69, 9.17) is 14.2 Å². The first-order valence-corrected chi connectivity index (χ1v) is 10.6. The average Bonchev–Trinajstić information content (AvgIpc) is 2.90. The number of benzene rings is 3. The zero-order valence-corrected chi connectivity index (χ0v) is 19.0. The third kappa shape index (κ3) is 4.56. The average molecular weight is 474 g/mol. The van der Waals surface area contributed by atoms with Gasteiger partial charge in [-0.25, -0.2) is 4.79 Å². The lowest BCUT2D eigenvalue weighted by molar-refractivity contribution is -0.384. The van der Waals surface area contributed by atoms with Crippen LogP contribution in [0, 0.1) is 10.1 Å². The van der Waals surface area contributed by atoms with Crippen molar-refractivity contribution in [3.8, 4) is 11.5 Å². The second kappa shape index (κ2) is 10.1. The van der Waals surface area contributed by atoms with Crippen LogP contribution in [0.15, 0.2) is 72.3 Å². The monoisotopic (exact) mass is 474 g/mol. The molecule has 1 aliphatic rings. The normalized spacial score (nSPS) is 14.4. The van der Waals surface area contributed by atoms with Crippen LogP contribution in [0.5, 0.6) is 11.5 Å². The fourth-order valence-corrected chi connectivity index (χ4v) is 4.03. The summed E-state index contributed by atoms with van der Waals surface area (Å²) < 4.78 is 16.7.